The van der Waals surface area contributed by atoms with Crippen LogP contribution in [0.25, 0.3) is 0 Å². The first-order valence-corrected chi connectivity index (χ1v) is 10.4. The van der Waals surface area contributed by atoms with Crippen LogP contribution in [0, 0.1) is 13.8 Å². The summed E-state index contributed by atoms with van der Waals surface area (Å²) >= 11 is 0. The third-order valence-corrected chi connectivity index (χ3v) is 5.61. The molecule has 2 fully saturated rings. The van der Waals surface area contributed by atoms with E-state index >= 15 is 0 Å². The van der Waals surface area contributed by atoms with Crippen molar-refractivity contribution in [2.75, 3.05) is 67.6 Å². The van der Waals surface area contributed by atoms with Gasteiger partial charge in [-0.2, -0.15) is 0 Å². The molecule has 0 unspecified atom stereocenters. The van der Waals surface area contributed by atoms with Gasteiger partial charge in [-0.25, -0.2) is 4.79 Å². The fourth-order valence-corrected chi connectivity index (χ4v) is 4.20. The van der Waals surface area contributed by atoms with E-state index in [-0.39, 0.29) is 6.03 Å². The molecule has 2 aliphatic heterocycles. The van der Waals surface area contributed by atoms with Crippen LogP contribution in [0.3, 0.4) is 0 Å². The highest BCUT2D eigenvalue weighted by atomic mass is 16.5. The third kappa shape index (κ3) is 4.65. The van der Waals surface area contributed by atoms with Crippen LogP contribution in [-0.4, -0.2) is 63.4 Å². The van der Waals surface area contributed by atoms with E-state index in [0.717, 1.165) is 56.2 Å². The molecule has 2 saturated heterocycles. The second-order valence-electron chi connectivity index (χ2n) is 7.87. The van der Waals surface area contributed by atoms with Gasteiger partial charge in [-0.05, 0) is 49.2 Å². The summed E-state index contributed by atoms with van der Waals surface area (Å²) < 4.78 is 5.50. The number of ether oxygens (including phenoxy) is 1. The number of carbonyl (C=O) groups excluding carboxylic acids is 1. The number of urea groups is 1. The molecule has 2 heterocycles. The number of aryl methyl sites for hydroxylation is 2. The Morgan fingerprint density at radius 1 is 0.828 bits per heavy atom. The molecule has 6 heteroatoms. The fraction of sp³-hybridized carbons (Fsp3) is 0.435. The fourth-order valence-electron chi connectivity index (χ4n) is 4.20. The van der Waals surface area contributed by atoms with Crippen LogP contribution < -0.4 is 15.1 Å². The summed E-state index contributed by atoms with van der Waals surface area (Å²) in [6.45, 7) is 10.6. The van der Waals surface area contributed by atoms with Gasteiger partial charge in [0.25, 0.3) is 0 Å². The lowest BCUT2D eigenvalue weighted by molar-refractivity contribution is 0.122. The Morgan fingerprint density at radius 2 is 1.38 bits per heavy atom. The number of nitrogens with zero attached hydrogens (tertiary/aromatic N) is 3. The molecule has 29 heavy (non-hydrogen) atoms. The lowest BCUT2D eigenvalue weighted by Gasteiger charge is -2.39. The molecule has 2 aromatic carbocycles. The Morgan fingerprint density at radius 3 is 1.97 bits per heavy atom. The van der Waals surface area contributed by atoms with E-state index in [4.69, 9.17) is 4.74 Å². The molecule has 6 nitrogen and oxygen atoms in total. The van der Waals surface area contributed by atoms with E-state index in [0.29, 0.717) is 13.1 Å². The quantitative estimate of drug-likeness (QED) is 0.866. The van der Waals surface area contributed by atoms with E-state index in [1.54, 1.807) is 0 Å². The minimum atomic E-state index is -0.0175. The van der Waals surface area contributed by atoms with Gasteiger partial charge in [0, 0.05) is 45.0 Å². The number of anilines is 3. The first-order chi connectivity index (χ1) is 14.1. The van der Waals surface area contributed by atoms with Gasteiger partial charge in [0.2, 0.25) is 0 Å². The van der Waals surface area contributed by atoms with Crippen LogP contribution in [0.4, 0.5) is 21.9 Å². The molecule has 0 saturated carbocycles. The second-order valence-corrected chi connectivity index (χ2v) is 7.87. The van der Waals surface area contributed by atoms with Gasteiger partial charge in [0.1, 0.15) is 0 Å². The zero-order valence-corrected chi connectivity index (χ0v) is 17.4. The maximum atomic E-state index is 12.7. The first-order valence-electron chi connectivity index (χ1n) is 10.4. The van der Waals surface area contributed by atoms with E-state index in [2.05, 4.69) is 45.4 Å². The number of nitrogens with one attached hydrogen (secondary N) is 1. The Balaban J connectivity index is 1.39. The molecule has 0 radical (unpaired) electrons. The minimum Gasteiger partial charge on any atom is -0.378 e. The molecule has 1 N–H and O–H groups in total. The Hall–Kier alpha value is -2.73. The zero-order valence-electron chi connectivity index (χ0n) is 17.4. The summed E-state index contributed by atoms with van der Waals surface area (Å²) in [6.07, 6.45) is 0. The zero-order chi connectivity index (χ0) is 20.2. The Bertz CT molecular complexity index is 835. The summed E-state index contributed by atoms with van der Waals surface area (Å²) in [5.41, 5.74) is 5.70. The molecular formula is C23H30N4O2. The van der Waals surface area contributed by atoms with Crippen LogP contribution in [0.15, 0.2) is 42.5 Å². The van der Waals surface area contributed by atoms with Gasteiger partial charge in [-0.15, -0.1) is 0 Å². The number of carbonyl (C=O) groups is 1. The van der Waals surface area contributed by atoms with E-state index < -0.39 is 0 Å². The molecule has 2 aromatic rings. The molecule has 0 aromatic heterocycles. The normalized spacial score (nSPS) is 17.4. The summed E-state index contributed by atoms with van der Waals surface area (Å²) in [6, 6.07) is 14.7. The minimum absolute atomic E-state index is 0.0175. The SMILES string of the molecule is Cc1cc(C)cc(NC(=O)N2CCN(c3ccccc3N3CCOCC3)CC2)c1. The Kier molecular flexibility index (Phi) is 5.90. The summed E-state index contributed by atoms with van der Waals surface area (Å²) in [4.78, 5) is 19.4. The van der Waals surface area contributed by atoms with Gasteiger partial charge >= 0.3 is 6.03 Å². The number of rotatable bonds is 3. The molecule has 2 aliphatic rings. The highest BCUT2D eigenvalue weighted by Crippen LogP contribution is 2.30. The highest BCUT2D eigenvalue weighted by molar-refractivity contribution is 5.89. The number of piperazine rings is 1. The molecule has 154 valence electrons. The molecule has 0 atom stereocenters. The van der Waals surface area contributed by atoms with Crippen LogP contribution in [0.5, 0.6) is 0 Å². The number of morpholine rings is 1. The van der Waals surface area contributed by atoms with Gasteiger partial charge in [-0.1, -0.05) is 18.2 Å². The molecule has 0 bridgehead atoms. The monoisotopic (exact) mass is 394 g/mol. The molecule has 0 aliphatic carbocycles. The molecule has 2 amide bonds. The number of hydrogen-bond acceptors (Lipinski definition) is 4. The average Bonchev–Trinajstić information content (AvgIpc) is 2.74. The van der Waals surface area contributed by atoms with Crippen molar-refractivity contribution in [2.24, 2.45) is 0 Å². The van der Waals surface area contributed by atoms with Crippen molar-refractivity contribution >= 4 is 23.1 Å². The summed E-state index contributed by atoms with van der Waals surface area (Å²) in [7, 11) is 0. The van der Waals surface area contributed by atoms with Crippen LogP contribution in [0.1, 0.15) is 11.1 Å². The van der Waals surface area contributed by atoms with Gasteiger partial charge < -0.3 is 24.8 Å². The predicted octanol–water partition coefficient (Wildman–Crippen LogP) is 3.49. The van der Waals surface area contributed by atoms with E-state index in [9.17, 15) is 4.79 Å². The predicted molar refractivity (Wildman–Crippen MR) is 118 cm³/mol. The highest BCUT2D eigenvalue weighted by Gasteiger charge is 2.24. The van der Waals surface area contributed by atoms with Crippen molar-refractivity contribution < 1.29 is 9.53 Å². The van der Waals surface area contributed by atoms with Crippen LogP contribution in [0.2, 0.25) is 0 Å². The first kappa shape index (κ1) is 19.6. The van der Waals surface area contributed by atoms with Crippen LogP contribution >= 0.6 is 0 Å². The van der Waals surface area contributed by atoms with Gasteiger partial charge in [-0.3, -0.25) is 0 Å². The summed E-state index contributed by atoms with van der Waals surface area (Å²) in [5, 5.41) is 3.06. The average molecular weight is 395 g/mol. The number of hydrogen-bond donors (Lipinski definition) is 1. The smallest absolute Gasteiger partial charge is 0.321 e. The van der Waals surface area contributed by atoms with Crippen molar-refractivity contribution in [1.29, 1.82) is 0 Å². The van der Waals surface area contributed by atoms with Gasteiger partial charge in [0.05, 0.1) is 24.6 Å². The molecule has 4 rings (SSSR count). The summed E-state index contributed by atoms with van der Waals surface area (Å²) in [5.74, 6) is 0. The maximum absolute atomic E-state index is 12.7. The number of para-hydroxylation sites is 2. The maximum Gasteiger partial charge on any atom is 0.321 e. The topological polar surface area (TPSA) is 48.1 Å². The van der Waals surface area contributed by atoms with E-state index in [1.165, 1.54) is 11.4 Å². The van der Waals surface area contributed by atoms with Crippen molar-refractivity contribution in [3.05, 3.63) is 53.6 Å². The van der Waals surface area contributed by atoms with Crippen molar-refractivity contribution in [1.82, 2.24) is 4.90 Å². The van der Waals surface area contributed by atoms with Crippen molar-refractivity contribution in [3.8, 4) is 0 Å². The number of amides is 2. The Labute approximate surface area is 173 Å². The molecule has 0 spiro atoms. The lowest BCUT2D eigenvalue weighted by atomic mass is 10.1. The largest absolute Gasteiger partial charge is 0.378 e. The molecular weight excluding hydrogens is 364 g/mol. The number of benzene rings is 2. The second kappa shape index (κ2) is 8.74. The lowest BCUT2D eigenvalue weighted by Crippen LogP contribution is -2.50. The van der Waals surface area contributed by atoms with Gasteiger partial charge in [0.15, 0.2) is 0 Å². The van der Waals surface area contributed by atoms with Crippen LogP contribution in [-0.2, 0) is 4.74 Å². The van der Waals surface area contributed by atoms with Crippen molar-refractivity contribution in [3.63, 3.8) is 0 Å². The third-order valence-electron chi connectivity index (χ3n) is 5.61. The standard InChI is InChI=1S/C23H30N4O2/c1-18-15-19(2)17-20(16-18)24-23(28)27-9-7-25(8-10-27)21-5-3-4-6-22(21)26-11-13-29-14-12-26/h3-6,15-17H,7-14H2,1-2H3,(H,24,28). The van der Waals surface area contributed by atoms with Crippen molar-refractivity contribution in [2.45, 2.75) is 13.8 Å². The van der Waals surface area contributed by atoms with E-state index in [1.807, 2.05) is 30.9 Å².